The standard InChI is InChI=1S/C18H24N4O3/c1-3-22-9-14-7-21(18(23)16-6-12(2)25-20-16)8-15(17(14)19-22)11-24-10-13-4-5-13/h6,9,13,15H,3-5,7-8,10-11H2,1-2H3. The van der Waals surface area contributed by atoms with E-state index in [0.717, 1.165) is 30.3 Å². The number of carbonyl (C=O) groups excluding carboxylic acids is 1. The van der Waals surface area contributed by atoms with Crippen molar-refractivity contribution in [1.82, 2.24) is 19.8 Å². The predicted molar refractivity (Wildman–Crippen MR) is 90.2 cm³/mol. The Kier molecular flexibility index (Phi) is 4.33. The Bertz CT molecular complexity index is 762. The lowest BCUT2D eigenvalue weighted by Crippen LogP contribution is -2.39. The average molecular weight is 344 g/mol. The van der Waals surface area contributed by atoms with E-state index in [2.05, 4.69) is 12.1 Å². The van der Waals surface area contributed by atoms with Crippen LogP contribution < -0.4 is 0 Å². The molecule has 25 heavy (non-hydrogen) atoms. The van der Waals surface area contributed by atoms with Crippen molar-refractivity contribution in [1.29, 1.82) is 0 Å². The van der Waals surface area contributed by atoms with Crippen molar-refractivity contribution in [3.8, 4) is 0 Å². The third-order valence-corrected chi connectivity index (χ3v) is 4.89. The first-order valence-electron chi connectivity index (χ1n) is 9.00. The molecule has 2 aromatic heterocycles. The fourth-order valence-corrected chi connectivity index (χ4v) is 3.30. The van der Waals surface area contributed by atoms with Crippen LogP contribution in [0.3, 0.4) is 0 Å². The van der Waals surface area contributed by atoms with Crippen molar-refractivity contribution in [2.24, 2.45) is 5.92 Å². The maximum Gasteiger partial charge on any atom is 0.276 e. The van der Waals surface area contributed by atoms with Crippen molar-refractivity contribution in [3.63, 3.8) is 0 Å². The Labute approximate surface area is 146 Å². The molecule has 3 heterocycles. The Balaban J connectivity index is 1.52. The smallest absolute Gasteiger partial charge is 0.276 e. The van der Waals surface area contributed by atoms with Gasteiger partial charge < -0.3 is 14.2 Å². The van der Waals surface area contributed by atoms with Crippen molar-refractivity contribution in [3.05, 3.63) is 35.0 Å². The number of aromatic nitrogens is 3. The molecule has 0 N–H and O–H groups in total. The van der Waals surface area contributed by atoms with Crippen molar-refractivity contribution < 1.29 is 14.1 Å². The van der Waals surface area contributed by atoms with Crippen molar-refractivity contribution in [2.75, 3.05) is 19.8 Å². The second-order valence-electron chi connectivity index (χ2n) is 7.08. The van der Waals surface area contributed by atoms with Crippen molar-refractivity contribution >= 4 is 5.91 Å². The van der Waals surface area contributed by atoms with Crippen LogP contribution in [0, 0.1) is 12.8 Å². The zero-order valence-electron chi connectivity index (χ0n) is 14.8. The van der Waals surface area contributed by atoms with E-state index in [-0.39, 0.29) is 11.8 Å². The molecule has 1 saturated carbocycles. The summed E-state index contributed by atoms with van der Waals surface area (Å²) in [4.78, 5) is 14.6. The second kappa shape index (κ2) is 6.63. The van der Waals surface area contributed by atoms with Crippen LogP contribution in [0.2, 0.25) is 0 Å². The summed E-state index contributed by atoms with van der Waals surface area (Å²) in [5.41, 5.74) is 2.53. The van der Waals surface area contributed by atoms with E-state index < -0.39 is 0 Å². The highest BCUT2D eigenvalue weighted by molar-refractivity contribution is 5.92. The van der Waals surface area contributed by atoms with Gasteiger partial charge in [-0.05, 0) is 32.6 Å². The molecule has 1 aliphatic heterocycles. The molecule has 0 radical (unpaired) electrons. The summed E-state index contributed by atoms with van der Waals surface area (Å²) in [7, 11) is 0. The molecule has 7 heteroatoms. The maximum absolute atomic E-state index is 12.8. The maximum atomic E-state index is 12.8. The molecule has 0 saturated heterocycles. The van der Waals surface area contributed by atoms with E-state index in [0.29, 0.717) is 31.2 Å². The quantitative estimate of drug-likeness (QED) is 0.804. The van der Waals surface area contributed by atoms with Gasteiger partial charge in [-0.25, -0.2) is 0 Å². The first kappa shape index (κ1) is 16.3. The number of rotatable bonds is 6. The van der Waals surface area contributed by atoms with Gasteiger partial charge in [-0.3, -0.25) is 9.48 Å². The van der Waals surface area contributed by atoms with Crippen LogP contribution in [0.4, 0.5) is 0 Å². The van der Waals surface area contributed by atoms with Gasteiger partial charge in [0.1, 0.15) is 5.76 Å². The summed E-state index contributed by atoms with van der Waals surface area (Å²) in [6.45, 7) is 7.25. The van der Waals surface area contributed by atoms with E-state index in [1.165, 1.54) is 12.8 Å². The van der Waals surface area contributed by atoms with Gasteiger partial charge in [-0.15, -0.1) is 0 Å². The molecular formula is C18H24N4O3. The summed E-state index contributed by atoms with van der Waals surface area (Å²) >= 11 is 0. The minimum absolute atomic E-state index is 0.0982. The molecule has 1 unspecified atom stereocenters. The Morgan fingerprint density at radius 2 is 2.24 bits per heavy atom. The first-order valence-corrected chi connectivity index (χ1v) is 9.00. The number of hydrogen-bond acceptors (Lipinski definition) is 5. The topological polar surface area (TPSA) is 73.4 Å². The molecule has 1 amide bonds. The van der Waals surface area contributed by atoms with Gasteiger partial charge in [-0.1, -0.05) is 5.16 Å². The number of hydrogen-bond donors (Lipinski definition) is 0. The summed E-state index contributed by atoms with van der Waals surface area (Å²) < 4.78 is 12.9. The van der Waals surface area contributed by atoms with Gasteiger partial charge in [0.15, 0.2) is 5.69 Å². The lowest BCUT2D eigenvalue weighted by atomic mass is 9.97. The van der Waals surface area contributed by atoms with Crippen LogP contribution in [-0.2, 0) is 17.8 Å². The average Bonchev–Trinajstić information content (AvgIpc) is 3.17. The van der Waals surface area contributed by atoms with Crippen molar-refractivity contribution in [2.45, 2.75) is 45.7 Å². The molecule has 1 aliphatic carbocycles. The first-order chi connectivity index (χ1) is 12.1. The number of ether oxygens (including phenoxy) is 1. The SMILES string of the molecule is CCn1cc2c(n1)C(COCC1CC1)CN(C(=O)c1cc(C)on1)C2. The molecule has 1 atom stereocenters. The summed E-state index contributed by atoms with van der Waals surface area (Å²) in [6.07, 6.45) is 4.59. The lowest BCUT2D eigenvalue weighted by Gasteiger charge is -2.31. The molecule has 0 aromatic carbocycles. The molecule has 134 valence electrons. The number of aryl methyl sites for hydroxylation is 2. The second-order valence-corrected chi connectivity index (χ2v) is 7.08. The fourth-order valence-electron chi connectivity index (χ4n) is 3.30. The molecular weight excluding hydrogens is 320 g/mol. The van der Waals surface area contributed by atoms with E-state index in [1.54, 1.807) is 13.0 Å². The molecule has 0 bridgehead atoms. The van der Waals surface area contributed by atoms with Gasteiger partial charge >= 0.3 is 0 Å². The minimum atomic E-state index is -0.0982. The fraction of sp³-hybridized carbons (Fsp3) is 0.611. The highest BCUT2D eigenvalue weighted by atomic mass is 16.5. The highest BCUT2D eigenvalue weighted by Crippen LogP contribution is 2.31. The van der Waals surface area contributed by atoms with E-state index >= 15 is 0 Å². The molecule has 1 fully saturated rings. The van der Waals surface area contributed by atoms with E-state index in [4.69, 9.17) is 14.4 Å². The summed E-state index contributed by atoms with van der Waals surface area (Å²) in [5.74, 6) is 1.38. The molecule has 7 nitrogen and oxygen atoms in total. The largest absolute Gasteiger partial charge is 0.380 e. The van der Waals surface area contributed by atoms with Gasteiger partial charge in [0.25, 0.3) is 5.91 Å². The van der Waals surface area contributed by atoms with Gasteiger partial charge in [0.2, 0.25) is 0 Å². The van der Waals surface area contributed by atoms with Crippen LogP contribution in [0.25, 0.3) is 0 Å². The predicted octanol–water partition coefficient (Wildman–Crippen LogP) is 2.37. The zero-order chi connectivity index (χ0) is 17.4. The summed E-state index contributed by atoms with van der Waals surface area (Å²) in [5, 5.41) is 8.57. The molecule has 2 aromatic rings. The highest BCUT2D eigenvalue weighted by Gasteiger charge is 2.33. The zero-order valence-corrected chi connectivity index (χ0v) is 14.8. The number of amides is 1. The van der Waals surface area contributed by atoms with Gasteiger partial charge in [-0.2, -0.15) is 5.10 Å². The molecule has 0 spiro atoms. The number of fused-ring (bicyclic) bond motifs is 1. The number of nitrogens with zero attached hydrogens (tertiary/aromatic N) is 4. The van der Waals surface area contributed by atoms with E-state index in [1.807, 2.05) is 15.8 Å². The molecule has 2 aliphatic rings. The molecule has 4 rings (SSSR count). The third-order valence-electron chi connectivity index (χ3n) is 4.89. The van der Waals surface area contributed by atoms with Gasteiger partial charge in [0, 0.05) is 50.0 Å². The Hall–Kier alpha value is -2.15. The third kappa shape index (κ3) is 3.46. The summed E-state index contributed by atoms with van der Waals surface area (Å²) in [6, 6.07) is 1.69. The van der Waals surface area contributed by atoms with Crippen LogP contribution in [-0.4, -0.2) is 45.5 Å². The Morgan fingerprint density at radius 3 is 2.92 bits per heavy atom. The van der Waals surface area contributed by atoms with Crippen LogP contribution in [0.1, 0.15) is 53.2 Å². The van der Waals surface area contributed by atoms with Crippen LogP contribution >= 0.6 is 0 Å². The normalized spacial score (nSPS) is 19.9. The Morgan fingerprint density at radius 1 is 1.40 bits per heavy atom. The van der Waals surface area contributed by atoms with Crippen LogP contribution in [0.5, 0.6) is 0 Å². The minimum Gasteiger partial charge on any atom is -0.380 e. The lowest BCUT2D eigenvalue weighted by molar-refractivity contribution is 0.0617. The monoisotopic (exact) mass is 344 g/mol. The number of carbonyl (C=O) groups is 1. The van der Waals surface area contributed by atoms with Gasteiger partial charge in [0.05, 0.1) is 12.3 Å². The van der Waals surface area contributed by atoms with E-state index in [9.17, 15) is 4.79 Å². The van der Waals surface area contributed by atoms with Crippen LogP contribution in [0.15, 0.2) is 16.8 Å².